The molecule has 0 N–H and O–H groups in total. The van der Waals surface area contributed by atoms with Crippen LogP contribution in [0.25, 0.3) is 0 Å². The Hall–Kier alpha value is -4.45. The molecule has 0 bridgehead atoms. The number of methoxy groups -OCH3 is 1. The second-order valence-electron chi connectivity index (χ2n) is 8.04. The second kappa shape index (κ2) is 11.9. The van der Waals surface area contributed by atoms with Gasteiger partial charge in [-0.25, -0.2) is 9.48 Å². The molecule has 1 aromatic heterocycles. The Labute approximate surface area is 219 Å². The Balaban J connectivity index is 2.06. The molecule has 0 aliphatic carbocycles. The number of alkyl halides is 3. The van der Waals surface area contributed by atoms with E-state index in [0.717, 1.165) is 56.8 Å². The van der Waals surface area contributed by atoms with Crippen molar-refractivity contribution >= 4 is 23.9 Å². The van der Waals surface area contributed by atoms with E-state index >= 15 is 0 Å². The van der Waals surface area contributed by atoms with Crippen molar-refractivity contribution < 1.29 is 56.0 Å². The van der Waals surface area contributed by atoms with Gasteiger partial charge in [0.05, 0.1) is 12.7 Å². The monoisotopic (exact) mass is 553 g/mol. The van der Waals surface area contributed by atoms with Gasteiger partial charge in [-0.05, 0) is 30.2 Å². The normalized spacial score (nSPS) is 20.4. The molecule has 1 saturated heterocycles. The van der Waals surface area contributed by atoms with Gasteiger partial charge >= 0.3 is 30.1 Å². The van der Waals surface area contributed by atoms with Crippen molar-refractivity contribution in [3.8, 4) is 11.8 Å². The zero-order chi connectivity index (χ0) is 28.9. The van der Waals surface area contributed by atoms with Crippen LogP contribution in [0.15, 0.2) is 24.3 Å². The highest BCUT2D eigenvalue weighted by Crippen LogP contribution is 2.35. The maximum absolute atomic E-state index is 12.9. The topological polar surface area (TPSA) is 145 Å². The van der Waals surface area contributed by atoms with Gasteiger partial charge in [0.2, 0.25) is 5.82 Å². The Morgan fingerprint density at radius 2 is 1.59 bits per heavy atom. The van der Waals surface area contributed by atoms with E-state index in [-0.39, 0.29) is 11.4 Å². The minimum absolute atomic E-state index is 0.173. The van der Waals surface area contributed by atoms with Crippen LogP contribution in [0.3, 0.4) is 0 Å². The van der Waals surface area contributed by atoms with Crippen LogP contribution in [0.5, 0.6) is 0 Å². The molecule has 3 rings (SSSR count). The molecule has 39 heavy (non-hydrogen) atoms. The van der Waals surface area contributed by atoms with Crippen molar-refractivity contribution in [2.75, 3.05) is 13.7 Å². The summed E-state index contributed by atoms with van der Waals surface area (Å²) in [6, 6.07) is 3.96. The van der Waals surface area contributed by atoms with E-state index in [9.17, 15) is 32.3 Å². The number of esters is 4. The third-order valence-electron chi connectivity index (χ3n) is 5.11. The molecule has 4 atom stereocenters. The fourth-order valence-corrected chi connectivity index (χ4v) is 3.52. The molecule has 0 unspecified atom stereocenters. The molecule has 1 aromatic carbocycles. The quantitative estimate of drug-likeness (QED) is 0.293. The molecule has 0 amide bonds. The molecule has 2 aromatic rings. The van der Waals surface area contributed by atoms with Crippen molar-refractivity contribution in [3.63, 3.8) is 0 Å². The summed E-state index contributed by atoms with van der Waals surface area (Å²) < 4.78 is 65.7. The van der Waals surface area contributed by atoms with Crippen LogP contribution in [0.2, 0.25) is 0 Å². The number of halogens is 3. The minimum atomic E-state index is -4.53. The minimum Gasteiger partial charge on any atom is -0.463 e. The summed E-state index contributed by atoms with van der Waals surface area (Å²) in [4.78, 5) is 51.2. The Bertz CT molecular complexity index is 1310. The van der Waals surface area contributed by atoms with E-state index < -0.39 is 72.6 Å². The molecular formula is C24H22F3N3O9. The fourth-order valence-electron chi connectivity index (χ4n) is 3.52. The van der Waals surface area contributed by atoms with Crippen LogP contribution in [0, 0.1) is 11.8 Å². The molecule has 15 heteroatoms. The molecule has 1 fully saturated rings. The van der Waals surface area contributed by atoms with Gasteiger partial charge in [0.1, 0.15) is 12.7 Å². The molecular weight excluding hydrogens is 531 g/mol. The highest BCUT2D eigenvalue weighted by Gasteiger charge is 2.51. The standard InChI is InChI=1S/C24H22F3N3O9/c1-12(31)36-11-17-19(37-13(2)32)20(38-14(3)33)22(39-17)30-18(28-21(29-30)23(34)35-4)10-7-15-5-8-16(9-6-15)24(25,26)27/h5-6,8-9,17,19-20,22H,11H2,1-4H3/t17-,19-,20-,22-/m1/s1. The van der Waals surface area contributed by atoms with Crippen LogP contribution in [0.1, 0.15) is 54.6 Å². The number of aromatic nitrogens is 3. The first-order chi connectivity index (χ1) is 18.3. The maximum atomic E-state index is 12.9. The molecule has 12 nitrogen and oxygen atoms in total. The summed E-state index contributed by atoms with van der Waals surface area (Å²) in [5, 5.41) is 4.04. The molecule has 2 heterocycles. The summed E-state index contributed by atoms with van der Waals surface area (Å²) >= 11 is 0. The summed E-state index contributed by atoms with van der Waals surface area (Å²) in [5.41, 5.74) is -0.699. The molecule has 0 radical (unpaired) electrons. The van der Waals surface area contributed by atoms with Crippen LogP contribution >= 0.6 is 0 Å². The Morgan fingerprint density at radius 3 is 2.13 bits per heavy atom. The number of carbonyl (C=O) groups is 4. The Morgan fingerprint density at radius 1 is 0.974 bits per heavy atom. The average molecular weight is 553 g/mol. The van der Waals surface area contributed by atoms with Gasteiger partial charge in [-0.1, -0.05) is 5.92 Å². The van der Waals surface area contributed by atoms with E-state index in [2.05, 4.69) is 26.7 Å². The Kier molecular flexibility index (Phi) is 8.92. The molecule has 1 aliphatic heterocycles. The highest BCUT2D eigenvalue weighted by atomic mass is 19.4. The first kappa shape index (κ1) is 29.1. The average Bonchev–Trinajstić information content (AvgIpc) is 3.41. The summed E-state index contributed by atoms with van der Waals surface area (Å²) in [7, 11) is 1.08. The van der Waals surface area contributed by atoms with Crippen molar-refractivity contribution in [1.82, 2.24) is 14.8 Å². The van der Waals surface area contributed by atoms with E-state index in [1.54, 1.807) is 0 Å². The zero-order valence-corrected chi connectivity index (χ0v) is 21.0. The van der Waals surface area contributed by atoms with Gasteiger partial charge in [-0.3, -0.25) is 14.4 Å². The second-order valence-corrected chi connectivity index (χ2v) is 8.04. The summed E-state index contributed by atoms with van der Waals surface area (Å²) in [6.45, 7) is 2.94. The summed E-state index contributed by atoms with van der Waals surface area (Å²) in [5.74, 6) is 1.35. The molecule has 208 valence electrons. The first-order valence-corrected chi connectivity index (χ1v) is 11.2. The number of rotatable bonds is 6. The number of carbonyl (C=O) groups excluding carboxylic acids is 4. The third kappa shape index (κ3) is 7.32. The zero-order valence-electron chi connectivity index (χ0n) is 21.0. The first-order valence-electron chi connectivity index (χ1n) is 11.2. The van der Waals surface area contributed by atoms with E-state index in [4.69, 9.17) is 18.9 Å². The fraction of sp³-hybridized carbons (Fsp3) is 0.417. The van der Waals surface area contributed by atoms with Crippen LogP contribution in [-0.4, -0.2) is 70.7 Å². The number of hydrogen-bond acceptors (Lipinski definition) is 11. The largest absolute Gasteiger partial charge is 0.463 e. The SMILES string of the molecule is COC(=O)c1nc(C#Cc2ccc(C(F)(F)F)cc2)n([C@@H]2O[C@H](COC(C)=O)[C@@H](OC(C)=O)[C@H]2OC(C)=O)n1. The predicted octanol–water partition coefficient (Wildman–Crippen LogP) is 1.81. The van der Waals surface area contributed by atoms with Gasteiger partial charge in [0, 0.05) is 26.3 Å². The number of benzene rings is 1. The van der Waals surface area contributed by atoms with Crippen molar-refractivity contribution in [2.24, 2.45) is 0 Å². The lowest BCUT2D eigenvalue weighted by molar-refractivity contribution is -0.166. The van der Waals surface area contributed by atoms with Gasteiger partial charge < -0.3 is 23.7 Å². The van der Waals surface area contributed by atoms with Crippen LogP contribution in [0.4, 0.5) is 13.2 Å². The lowest BCUT2D eigenvalue weighted by Gasteiger charge is -2.23. The van der Waals surface area contributed by atoms with Gasteiger partial charge in [0.15, 0.2) is 18.4 Å². The van der Waals surface area contributed by atoms with Crippen molar-refractivity contribution in [1.29, 1.82) is 0 Å². The smallest absolute Gasteiger partial charge is 0.416 e. The van der Waals surface area contributed by atoms with E-state index in [1.807, 2.05) is 0 Å². The lowest BCUT2D eigenvalue weighted by atomic mass is 10.1. The number of hydrogen-bond donors (Lipinski definition) is 0. The lowest BCUT2D eigenvalue weighted by Crippen LogP contribution is -2.40. The van der Waals surface area contributed by atoms with Crippen LogP contribution in [-0.2, 0) is 44.2 Å². The predicted molar refractivity (Wildman–Crippen MR) is 120 cm³/mol. The van der Waals surface area contributed by atoms with E-state index in [1.165, 1.54) is 0 Å². The highest BCUT2D eigenvalue weighted by molar-refractivity contribution is 5.85. The van der Waals surface area contributed by atoms with Crippen molar-refractivity contribution in [3.05, 3.63) is 47.0 Å². The van der Waals surface area contributed by atoms with Gasteiger partial charge in [-0.15, -0.1) is 5.10 Å². The maximum Gasteiger partial charge on any atom is 0.416 e. The van der Waals surface area contributed by atoms with E-state index in [0.29, 0.717) is 0 Å². The van der Waals surface area contributed by atoms with Gasteiger partial charge in [-0.2, -0.15) is 18.2 Å². The van der Waals surface area contributed by atoms with Crippen molar-refractivity contribution in [2.45, 2.75) is 51.5 Å². The number of nitrogens with zero attached hydrogens (tertiary/aromatic N) is 3. The molecule has 0 spiro atoms. The third-order valence-corrected chi connectivity index (χ3v) is 5.11. The van der Waals surface area contributed by atoms with Crippen LogP contribution < -0.4 is 0 Å². The number of ether oxygens (including phenoxy) is 5. The molecule has 1 aliphatic rings. The van der Waals surface area contributed by atoms with Gasteiger partial charge in [0.25, 0.3) is 5.82 Å². The molecule has 0 saturated carbocycles. The summed E-state index contributed by atoms with van der Waals surface area (Å²) in [6.07, 6.45) is -9.67.